The largest absolute Gasteiger partial charge is 0.460 e. The van der Waals surface area contributed by atoms with Gasteiger partial charge in [-0.3, -0.25) is 4.79 Å². The molecule has 2 aromatic carbocycles. The van der Waals surface area contributed by atoms with Gasteiger partial charge in [-0.1, -0.05) is 67.0 Å². The molecule has 0 unspecified atom stereocenters. The van der Waals surface area contributed by atoms with Crippen molar-refractivity contribution in [3.05, 3.63) is 59.7 Å². The van der Waals surface area contributed by atoms with Gasteiger partial charge in [-0.25, -0.2) is 9.59 Å². The molecule has 0 aliphatic heterocycles. The first-order valence-corrected chi connectivity index (χ1v) is 12.5. The Morgan fingerprint density at radius 3 is 2.19 bits per heavy atom. The summed E-state index contributed by atoms with van der Waals surface area (Å²) < 4.78 is 10.8. The van der Waals surface area contributed by atoms with Crippen LogP contribution in [0.15, 0.2) is 53.7 Å². The van der Waals surface area contributed by atoms with Crippen molar-refractivity contribution in [2.45, 2.75) is 70.9 Å². The molecule has 37 heavy (non-hydrogen) atoms. The molecule has 0 spiro atoms. The molecule has 2 aromatic rings. The Balaban J connectivity index is 1.67. The monoisotopic (exact) mass is 509 g/mol. The fraction of sp³-hybridized carbons (Fsp3) is 0.429. The maximum absolute atomic E-state index is 12.7. The Hall–Kier alpha value is -3.88. The molecule has 9 heteroatoms. The van der Waals surface area contributed by atoms with Gasteiger partial charge in [0.25, 0.3) is 0 Å². The molecule has 0 saturated carbocycles. The van der Waals surface area contributed by atoms with E-state index in [1.54, 1.807) is 20.8 Å². The summed E-state index contributed by atoms with van der Waals surface area (Å²) in [6.45, 7) is 7.16. The van der Waals surface area contributed by atoms with Crippen molar-refractivity contribution in [1.82, 2.24) is 5.32 Å². The van der Waals surface area contributed by atoms with E-state index in [1.807, 2.05) is 55.5 Å². The second-order valence-corrected chi connectivity index (χ2v) is 9.91. The maximum atomic E-state index is 12.7. The van der Waals surface area contributed by atoms with Crippen LogP contribution in [0.1, 0.15) is 70.4 Å². The predicted molar refractivity (Wildman–Crippen MR) is 140 cm³/mol. The Morgan fingerprint density at radius 1 is 1.03 bits per heavy atom. The van der Waals surface area contributed by atoms with Crippen LogP contribution in [-0.2, 0) is 23.9 Å². The van der Waals surface area contributed by atoms with Gasteiger partial charge in [-0.15, -0.1) is 0 Å². The van der Waals surface area contributed by atoms with Crippen molar-refractivity contribution in [3.8, 4) is 11.1 Å². The molecule has 1 aliphatic carbocycles. The van der Waals surface area contributed by atoms with Crippen LogP contribution in [0, 0.1) is 0 Å². The van der Waals surface area contributed by atoms with E-state index in [-0.39, 0.29) is 18.4 Å². The second kappa shape index (κ2) is 12.4. The average Bonchev–Trinajstić information content (AvgIpc) is 3.17. The summed E-state index contributed by atoms with van der Waals surface area (Å²) in [4.78, 5) is 42.7. The number of esters is 1. The van der Waals surface area contributed by atoms with E-state index in [4.69, 9.17) is 20.0 Å². The topological polar surface area (TPSA) is 129 Å². The maximum Gasteiger partial charge on any atom is 0.407 e. The zero-order valence-electron chi connectivity index (χ0n) is 21.8. The van der Waals surface area contributed by atoms with E-state index in [1.165, 1.54) is 0 Å². The number of hydrogen-bond acceptors (Lipinski definition) is 7. The van der Waals surface area contributed by atoms with Gasteiger partial charge in [-0.05, 0) is 49.4 Å². The number of nitrogens with zero attached hydrogens (tertiary/aromatic N) is 1. The highest BCUT2D eigenvalue weighted by molar-refractivity contribution is 5.87. The highest BCUT2D eigenvalue weighted by Crippen LogP contribution is 2.44. The summed E-state index contributed by atoms with van der Waals surface area (Å²) in [6, 6.07) is 14.5. The van der Waals surface area contributed by atoms with E-state index in [0.717, 1.165) is 35.1 Å². The van der Waals surface area contributed by atoms with E-state index in [9.17, 15) is 14.4 Å². The van der Waals surface area contributed by atoms with Crippen LogP contribution in [-0.4, -0.2) is 42.1 Å². The Labute approximate surface area is 217 Å². The first-order chi connectivity index (χ1) is 17.6. The molecule has 1 atom stereocenters. The zero-order valence-corrected chi connectivity index (χ0v) is 21.8. The van der Waals surface area contributed by atoms with Crippen LogP contribution in [0.2, 0.25) is 0 Å². The number of oxime groups is 1. The summed E-state index contributed by atoms with van der Waals surface area (Å²) in [6.07, 6.45) is 0.821. The van der Waals surface area contributed by atoms with Crippen molar-refractivity contribution in [2.24, 2.45) is 10.9 Å². The van der Waals surface area contributed by atoms with Gasteiger partial charge in [0.05, 0.1) is 6.42 Å². The van der Waals surface area contributed by atoms with Gasteiger partial charge in [-0.2, -0.15) is 0 Å². The van der Waals surface area contributed by atoms with E-state index in [2.05, 4.69) is 10.5 Å². The molecule has 0 heterocycles. The number of unbranched alkanes of at least 4 members (excludes halogenated alkanes) is 1. The number of alkyl carbamates (subject to hydrolysis) is 1. The molecule has 9 nitrogen and oxygen atoms in total. The van der Waals surface area contributed by atoms with Gasteiger partial charge < -0.3 is 25.4 Å². The van der Waals surface area contributed by atoms with Gasteiger partial charge >= 0.3 is 18.0 Å². The van der Waals surface area contributed by atoms with Gasteiger partial charge in [0.2, 0.25) is 0 Å². The van der Waals surface area contributed by atoms with Gasteiger partial charge in [0.15, 0.2) is 0 Å². The summed E-state index contributed by atoms with van der Waals surface area (Å²) >= 11 is 0. The lowest BCUT2D eigenvalue weighted by Gasteiger charge is -2.22. The van der Waals surface area contributed by atoms with Crippen LogP contribution >= 0.6 is 0 Å². The quantitative estimate of drug-likeness (QED) is 0.157. The number of benzene rings is 2. The van der Waals surface area contributed by atoms with Crippen molar-refractivity contribution in [1.29, 1.82) is 0 Å². The van der Waals surface area contributed by atoms with Crippen molar-refractivity contribution in [3.63, 3.8) is 0 Å². The summed E-state index contributed by atoms with van der Waals surface area (Å²) in [5.74, 6) is -1.64. The number of nitrogens with one attached hydrogen (secondary N) is 1. The minimum absolute atomic E-state index is 0.0518. The number of amides is 1. The fourth-order valence-corrected chi connectivity index (χ4v) is 4.10. The first kappa shape index (κ1) is 27.7. The van der Waals surface area contributed by atoms with Crippen LogP contribution in [0.3, 0.4) is 0 Å². The lowest BCUT2D eigenvalue weighted by Crippen LogP contribution is -2.44. The Kier molecular flexibility index (Phi) is 9.27. The minimum atomic E-state index is -1.37. The van der Waals surface area contributed by atoms with Crippen LogP contribution in [0.5, 0.6) is 0 Å². The molecule has 0 saturated heterocycles. The summed E-state index contributed by atoms with van der Waals surface area (Å²) in [5, 5.41) is 6.06. The number of ether oxygens (including phenoxy) is 2. The molecule has 0 bridgehead atoms. The molecule has 198 valence electrons. The third kappa shape index (κ3) is 7.80. The molecular weight excluding hydrogens is 474 g/mol. The van der Waals surface area contributed by atoms with E-state index >= 15 is 0 Å². The normalized spacial score (nSPS) is 13.8. The third-order valence-electron chi connectivity index (χ3n) is 5.75. The zero-order chi connectivity index (χ0) is 27.0. The van der Waals surface area contributed by atoms with Crippen LogP contribution in [0.4, 0.5) is 4.79 Å². The first-order valence-electron chi connectivity index (χ1n) is 12.5. The van der Waals surface area contributed by atoms with Crippen LogP contribution in [0.25, 0.3) is 11.1 Å². The minimum Gasteiger partial charge on any atom is -0.460 e. The SMILES string of the molecule is CCCC/C(N)=N\OC(=O)[C@H](CC(=O)OC(C)(C)C)NC(=O)OCC1c2ccccc2-c2ccccc21. The van der Waals surface area contributed by atoms with Gasteiger partial charge in [0, 0.05) is 12.3 Å². The number of carbonyl (C=O) groups is 3. The third-order valence-corrected chi connectivity index (χ3v) is 5.75. The van der Waals surface area contributed by atoms with Gasteiger partial charge in [0.1, 0.15) is 24.1 Å². The van der Waals surface area contributed by atoms with Crippen LogP contribution < -0.4 is 11.1 Å². The second-order valence-electron chi connectivity index (χ2n) is 9.91. The molecule has 3 rings (SSSR count). The molecule has 1 aliphatic rings. The van der Waals surface area contributed by atoms with E-state index in [0.29, 0.717) is 6.42 Å². The smallest absolute Gasteiger partial charge is 0.407 e. The molecule has 0 fully saturated rings. The Bertz CT molecular complexity index is 1110. The highest BCUT2D eigenvalue weighted by Gasteiger charge is 2.32. The highest BCUT2D eigenvalue weighted by atomic mass is 16.7. The number of fused-ring (bicyclic) bond motifs is 3. The number of nitrogens with two attached hydrogens (primary N) is 1. The average molecular weight is 510 g/mol. The lowest BCUT2D eigenvalue weighted by atomic mass is 9.98. The van der Waals surface area contributed by atoms with Crippen molar-refractivity contribution >= 4 is 23.9 Å². The molecular formula is C28H35N3O6. The van der Waals surface area contributed by atoms with Crippen molar-refractivity contribution < 1.29 is 28.7 Å². The molecule has 1 amide bonds. The number of rotatable bonds is 10. The molecule has 0 aromatic heterocycles. The standard InChI is InChI=1S/C28H35N3O6/c1-5-6-15-24(29)31-37-26(33)23(16-25(32)36-28(2,3)4)30-27(34)35-17-22-20-13-9-7-11-18(20)19-12-8-10-14-21(19)22/h7-14,22-23H,5-6,15-17H2,1-4H3,(H2,29,31)(H,30,34)/t23-/m0/s1. The number of carbonyl (C=O) groups excluding carboxylic acids is 3. The summed E-state index contributed by atoms with van der Waals surface area (Å²) in [5.41, 5.74) is 9.29. The lowest BCUT2D eigenvalue weighted by molar-refractivity contribution is -0.159. The van der Waals surface area contributed by atoms with E-state index < -0.39 is 36.1 Å². The number of hydrogen-bond donors (Lipinski definition) is 2. The summed E-state index contributed by atoms with van der Waals surface area (Å²) in [7, 11) is 0. The molecule has 0 radical (unpaired) electrons. The van der Waals surface area contributed by atoms with Crippen molar-refractivity contribution in [2.75, 3.05) is 6.61 Å². The fourth-order valence-electron chi connectivity index (χ4n) is 4.10. The predicted octanol–water partition coefficient (Wildman–Crippen LogP) is 4.63. The Morgan fingerprint density at radius 2 is 1.62 bits per heavy atom. The number of amidine groups is 1. The molecule has 3 N–H and O–H groups in total.